The van der Waals surface area contributed by atoms with E-state index in [1.54, 1.807) is 0 Å². The van der Waals surface area contributed by atoms with Crippen LogP contribution >= 0.6 is 0 Å². The van der Waals surface area contributed by atoms with Gasteiger partial charge >= 0.3 is 54.5 Å². The van der Waals surface area contributed by atoms with Crippen LogP contribution in [0, 0.1) is 0 Å². The van der Waals surface area contributed by atoms with E-state index >= 15 is 0 Å². The van der Waals surface area contributed by atoms with E-state index in [4.69, 9.17) is 0 Å². The summed E-state index contributed by atoms with van der Waals surface area (Å²) in [6.07, 6.45) is -48.7. The fraction of sp³-hybridized carbons (Fsp3) is 1.00. The Bertz CT molecular complexity index is 793. The molecule has 0 aliphatic carbocycles. The molecule has 0 radical (unpaired) electrons. The van der Waals surface area contributed by atoms with Gasteiger partial charge in [0.2, 0.25) is 23.3 Å². The second-order valence-electron chi connectivity index (χ2n) is 7.65. The Morgan fingerprint density at radius 2 is 0.293 bits per heavy atom. The van der Waals surface area contributed by atoms with Crippen molar-refractivity contribution in [1.29, 1.82) is 0 Å². The second kappa shape index (κ2) is 9.06. The maximum absolute atomic E-state index is 14.3. The molecule has 0 saturated heterocycles. The van der Waals surface area contributed by atoms with Gasteiger partial charge in [0.1, 0.15) is 0 Å². The molecule has 0 fully saturated rings. The lowest BCUT2D eigenvalue weighted by atomic mass is 9.08. The van der Waals surface area contributed by atoms with Crippen molar-refractivity contribution in [3.05, 3.63) is 0 Å². The Labute approximate surface area is 202 Å². The van der Waals surface area contributed by atoms with E-state index in [0.717, 1.165) is 0 Å². The van der Waals surface area contributed by atoms with Gasteiger partial charge in [0.15, 0.2) is 0 Å². The van der Waals surface area contributed by atoms with Crippen molar-refractivity contribution in [2.24, 2.45) is 0 Å². The maximum atomic E-state index is 14.3. The van der Waals surface area contributed by atoms with Crippen molar-refractivity contribution in [1.82, 2.24) is 0 Å². The molecule has 0 N–H and O–H groups in total. The summed E-state index contributed by atoms with van der Waals surface area (Å²) in [5, 5.41) is 0. The lowest BCUT2D eigenvalue weighted by Crippen LogP contribution is -2.96. The van der Waals surface area contributed by atoms with Gasteiger partial charge in [-0.1, -0.05) is 0 Å². The van der Waals surface area contributed by atoms with Crippen LogP contribution in [0.5, 0.6) is 0 Å². The van der Waals surface area contributed by atoms with Gasteiger partial charge < -0.3 is 0 Å². The predicted octanol–water partition coefficient (Wildman–Crippen LogP) is 8.92. The molecule has 0 heterocycles. The molecule has 248 valence electrons. The first-order valence-electron chi connectivity index (χ1n) is 8.45. The maximum Gasteiger partial charge on any atom is 0.455 e. The molecular weight excluding hydrogens is 687 g/mol. The quantitative estimate of drug-likeness (QED) is 0.177. The summed E-state index contributed by atoms with van der Waals surface area (Å²) < 4.78 is 371. The Morgan fingerprint density at radius 3 is 0.366 bits per heavy atom. The SMILES string of the molecule is FC(F)(F)C(F)(F)C(F)(F)[B-](C(F)(F)C(F)(F)C(F)(F)F)(C(F)(F)C(F)(F)C(F)(F)F)C(F)(F)C(F)(F)C(F)(F)F. The second-order valence-corrected chi connectivity index (χ2v) is 7.65. The number of hydrogen-bond acceptors (Lipinski definition) is 0. The zero-order valence-corrected chi connectivity index (χ0v) is 17.2. The highest BCUT2D eigenvalue weighted by Gasteiger charge is 3.04. The standard InChI is InChI=1S/C12BF28/c14-1(15,9(30,31)32)5(22,23)13(6(24,25)2(16,17)10(33,34)35,7(26,27)3(18,19)11(36,37)38)8(28,29)4(20,21)12(39,40)41/q-1. The number of halogens is 28. The van der Waals surface area contributed by atoms with Crippen molar-refractivity contribution >= 4 is 6.15 Å². The fourth-order valence-electron chi connectivity index (χ4n) is 3.21. The average Bonchev–Trinajstić information content (AvgIpc) is 2.63. The van der Waals surface area contributed by atoms with Gasteiger partial charge in [0, 0.05) is 0 Å². The summed E-state index contributed by atoms with van der Waals surface area (Å²) in [6, 6.07) is 0. The van der Waals surface area contributed by atoms with Crippen LogP contribution in [0.15, 0.2) is 0 Å². The molecule has 0 aliphatic heterocycles. The van der Waals surface area contributed by atoms with Crippen molar-refractivity contribution in [3.8, 4) is 0 Å². The molecule has 0 rings (SSSR count). The van der Waals surface area contributed by atoms with Crippen molar-refractivity contribution in [2.45, 2.75) is 71.7 Å². The molecule has 0 aromatic rings. The third kappa shape index (κ3) is 4.41. The molecule has 0 bridgehead atoms. The van der Waals surface area contributed by atoms with E-state index in [9.17, 15) is 123 Å². The van der Waals surface area contributed by atoms with E-state index in [1.165, 1.54) is 0 Å². The van der Waals surface area contributed by atoms with Crippen LogP contribution in [0.3, 0.4) is 0 Å². The van der Waals surface area contributed by atoms with Gasteiger partial charge in [0.25, 0.3) is 0 Å². The summed E-state index contributed by atoms with van der Waals surface area (Å²) in [5.74, 6) is -82.0. The summed E-state index contributed by atoms with van der Waals surface area (Å²) in [6.45, 7) is 0. The molecule has 0 nitrogen and oxygen atoms in total. The minimum Gasteiger partial charge on any atom is -0.244 e. The van der Waals surface area contributed by atoms with E-state index in [-0.39, 0.29) is 0 Å². The van der Waals surface area contributed by atoms with Gasteiger partial charge in [-0.25, -0.2) is 35.1 Å². The van der Waals surface area contributed by atoms with Gasteiger partial charge in [-0.05, 0) is 0 Å². The van der Waals surface area contributed by atoms with Crippen LogP contribution in [0.2, 0.25) is 0 Å². The van der Waals surface area contributed by atoms with Gasteiger partial charge in [-0.3, -0.25) is 0 Å². The zero-order valence-electron chi connectivity index (χ0n) is 17.2. The van der Waals surface area contributed by atoms with E-state index in [2.05, 4.69) is 0 Å². The summed E-state index contributed by atoms with van der Waals surface area (Å²) in [5.41, 5.74) is 0. The number of alkyl halides is 28. The van der Waals surface area contributed by atoms with Crippen LogP contribution in [-0.2, 0) is 0 Å². The number of hydrogen-bond donors (Lipinski definition) is 0. The molecule has 0 aliphatic rings. The smallest absolute Gasteiger partial charge is 0.244 e. The highest BCUT2D eigenvalue weighted by molar-refractivity contribution is 6.89. The third-order valence-corrected chi connectivity index (χ3v) is 5.27. The Balaban J connectivity index is 9.50. The highest BCUT2D eigenvalue weighted by Crippen LogP contribution is 2.72. The molecule has 0 amide bonds. The van der Waals surface area contributed by atoms with Crippen LogP contribution in [0.25, 0.3) is 0 Å². The van der Waals surface area contributed by atoms with Crippen LogP contribution < -0.4 is 0 Å². The molecule has 0 unspecified atom stereocenters. The summed E-state index contributed by atoms with van der Waals surface area (Å²) in [7, 11) is 0. The zero-order chi connectivity index (χ0) is 34.5. The molecule has 0 saturated carbocycles. The van der Waals surface area contributed by atoms with Gasteiger partial charge in [-0.2, -0.15) is 87.8 Å². The lowest BCUT2D eigenvalue weighted by molar-refractivity contribution is -0.386. The van der Waals surface area contributed by atoms with Gasteiger partial charge in [0.05, 0.1) is 0 Å². The average molecular weight is 687 g/mol. The van der Waals surface area contributed by atoms with Crippen LogP contribution in [0.4, 0.5) is 123 Å². The molecule has 0 atom stereocenters. The highest BCUT2D eigenvalue weighted by atomic mass is 19.5. The molecule has 29 heteroatoms. The van der Waals surface area contributed by atoms with Crippen molar-refractivity contribution < 1.29 is 123 Å². The lowest BCUT2D eigenvalue weighted by Gasteiger charge is -2.61. The minimum atomic E-state index is -12.5. The normalized spacial score (nSPS) is 17.3. The number of rotatable bonds is 8. The first kappa shape index (κ1) is 39.1. The fourth-order valence-corrected chi connectivity index (χ4v) is 3.21. The first-order chi connectivity index (χ1) is 17.0. The topological polar surface area (TPSA) is 0 Å². The molecule has 0 spiro atoms. The summed E-state index contributed by atoms with van der Waals surface area (Å²) in [4.78, 5) is 0. The van der Waals surface area contributed by atoms with Gasteiger partial charge in [-0.15, -0.1) is 0 Å². The van der Waals surface area contributed by atoms with E-state index in [1.807, 2.05) is 0 Å². The first-order valence-corrected chi connectivity index (χ1v) is 8.45. The molecule has 0 aromatic carbocycles. The summed E-state index contributed by atoms with van der Waals surface area (Å²) >= 11 is 0. The Hall–Kier alpha value is -1.90. The predicted molar refractivity (Wildman–Crippen MR) is 69.5 cm³/mol. The van der Waals surface area contributed by atoms with Crippen LogP contribution in [0.1, 0.15) is 0 Å². The van der Waals surface area contributed by atoms with Crippen molar-refractivity contribution in [2.75, 3.05) is 0 Å². The van der Waals surface area contributed by atoms with E-state index < -0.39 is 77.8 Å². The Morgan fingerprint density at radius 1 is 0.195 bits per heavy atom. The monoisotopic (exact) mass is 687 g/mol. The molecule has 0 aromatic heterocycles. The Kier molecular flexibility index (Phi) is 8.64. The molecule has 41 heavy (non-hydrogen) atoms. The minimum absolute atomic E-state index is 9.04. The molecular formula is C12BF28-. The third-order valence-electron chi connectivity index (χ3n) is 5.27. The largest absolute Gasteiger partial charge is 0.455 e. The van der Waals surface area contributed by atoms with E-state index in [0.29, 0.717) is 0 Å². The van der Waals surface area contributed by atoms with Crippen LogP contribution in [-0.4, -0.2) is 77.8 Å². The van der Waals surface area contributed by atoms with Crippen molar-refractivity contribution in [3.63, 3.8) is 0 Å².